The van der Waals surface area contributed by atoms with Crippen molar-refractivity contribution in [1.82, 2.24) is 9.80 Å². The Labute approximate surface area is 156 Å². The van der Waals surface area contributed by atoms with Gasteiger partial charge in [0.2, 0.25) is 11.8 Å². The molecule has 0 saturated carbocycles. The zero-order valence-corrected chi connectivity index (χ0v) is 16.5. The van der Waals surface area contributed by atoms with Crippen LogP contribution in [-0.4, -0.2) is 66.2 Å². The predicted molar refractivity (Wildman–Crippen MR) is 101 cm³/mol. The van der Waals surface area contributed by atoms with Crippen molar-refractivity contribution < 1.29 is 14.4 Å². The number of hydrogen-bond donors (Lipinski definition) is 0. The fourth-order valence-electron chi connectivity index (χ4n) is 3.34. The van der Waals surface area contributed by atoms with Crippen molar-refractivity contribution in [2.45, 2.75) is 26.3 Å². The Bertz CT molecular complexity index is 716. The Kier molecular flexibility index (Phi) is 5.38. The number of likely N-dealkylation sites (N-methyl/N-ethyl adjacent to an activating group) is 2. The van der Waals surface area contributed by atoms with Crippen LogP contribution < -0.4 is 4.90 Å². The van der Waals surface area contributed by atoms with E-state index in [1.807, 2.05) is 18.1 Å². The van der Waals surface area contributed by atoms with Crippen LogP contribution in [0.3, 0.4) is 0 Å². The summed E-state index contributed by atoms with van der Waals surface area (Å²) in [5.74, 6) is 0.850. The third kappa shape index (κ3) is 3.29. The molecule has 0 radical (unpaired) electrons. The maximum atomic E-state index is 12.8. The van der Waals surface area contributed by atoms with E-state index in [1.165, 1.54) is 16.2 Å². The number of fused-ring (bicyclic) bond motifs is 3. The first-order chi connectivity index (χ1) is 12.0. The first kappa shape index (κ1) is 18.3. The second kappa shape index (κ2) is 7.37. The Morgan fingerprint density at radius 3 is 2.72 bits per heavy atom. The normalized spacial score (nSPS) is 17.5. The summed E-state index contributed by atoms with van der Waals surface area (Å²) < 4.78 is 0. The number of carbonyl (C=O) groups excluding carboxylic acids is 3. The molecule has 1 aromatic heterocycles. The molecule has 2 aliphatic rings. The summed E-state index contributed by atoms with van der Waals surface area (Å²) in [6, 6.07) is 0. The van der Waals surface area contributed by atoms with Crippen LogP contribution in [0.5, 0.6) is 0 Å². The average Bonchev–Trinajstić information content (AvgIpc) is 2.93. The highest BCUT2D eigenvalue weighted by Crippen LogP contribution is 2.41. The molecule has 1 aromatic rings. The summed E-state index contributed by atoms with van der Waals surface area (Å²) in [5.41, 5.74) is 1.70. The molecule has 6 nitrogen and oxygen atoms in total. The fraction of sp³-hybridized carbons (Fsp3) is 0.588. The molecule has 0 saturated heterocycles. The standard InChI is InChI=1S/C17H23N3O3S2/c1-4-20-14(22)10-18(2)16(23)15-11-5-7-19(13(21)6-8-24-3)9-12(11)25-17(15)20/h4-10H2,1-3H3. The van der Waals surface area contributed by atoms with Gasteiger partial charge in [0, 0.05) is 37.2 Å². The molecule has 3 heterocycles. The molecule has 3 rings (SSSR count). The highest BCUT2D eigenvalue weighted by molar-refractivity contribution is 7.98. The number of amides is 3. The fourth-order valence-corrected chi connectivity index (χ4v) is 5.16. The molecule has 0 fully saturated rings. The second-order valence-electron chi connectivity index (χ2n) is 6.29. The van der Waals surface area contributed by atoms with Crippen LogP contribution in [0.1, 0.15) is 34.1 Å². The molecule has 3 amide bonds. The molecule has 0 aromatic carbocycles. The molecule has 0 unspecified atom stereocenters. The molecular formula is C17H23N3O3S2. The van der Waals surface area contributed by atoms with Gasteiger partial charge in [-0.3, -0.25) is 14.4 Å². The number of thiophene rings is 1. The number of thioether (sulfide) groups is 1. The average molecular weight is 382 g/mol. The van der Waals surface area contributed by atoms with Crippen molar-refractivity contribution in [2.24, 2.45) is 0 Å². The van der Waals surface area contributed by atoms with Gasteiger partial charge in [0.15, 0.2) is 0 Å². The largest absolute Gasteiger partial charge is 0.337 e. The van der Waals surface area contributed by atoms with Crippen LogP contribution in [0.2, 0.25) is 0 Å². The Hall–Kier alpha value is -1.54. The van der Waals surface area contributed by atoms with Gasteiger partial charge < -0.3 is 14.7 Å². The number of carbonyl (C=O) groups is 3. The molecule has 25 heavy (non-hydrogen) atoms. The van der Waals surface area contributed by atoms with Gasteiger partial charge in [-0.1, -0.05) is 0 Å². The van der Waals surface area contributed by atoms with Gasteiger partial charge in [0.1, 0.15) is 11.5 Å². The second-order valence-corrected chi connectivity index (χ2v) is 8.36. The molecule has 136 valence electrons. The highest BCUT2D eigenvalue weighted by Gasteiger charge is 2.36. The van der Waals surface area contributed by atoms with E-state index in [9.17, 15) is 14.4 Å². The lowest BCUT2D eigenvalue weighted by molar-refractivity contribution is -0.131. The zero-order valence-electron chi connectivity index (χ0n) is 14.8. The third-order valence-electron chi connectivity index (χ3n) is 4.71. The lowest BCUT2D eigenvalue weighted by Gasteiger charge is -2.27. The van der Waals surface area contributed by atoms with Gasteiger partial charge in [-0.25, -0.2) is 0 Å². The Balaban J connectivity index is 1.94. The number of rotatable bonds is 4. The van der Waals surface area contributed by atoms with E-state index in [0.717, 1.165) is 21.2 Å². The predicted octanol–water partition coefficient (Wildman–Crippen LogP) is 1.82. The minimum absolute atomic E-state index is 0.0522. The van der Waals surface area contributed by atoms with Crippen molar-refractivity contribution in [3.63, 3.8) is 0 Å². The molecule has 0 N–H and O–H groups in total. The molecule has 0 atom stereocenters. The first-order valence-electron chi connectivity index (χ1n) is 8.45. The van der Waals surface area contributed by atoms with Crippen molar-refractivity contribution in [3.8, 4) is 0 Å². The van der Waals surface area contributed by atoms with Gasteiger partial charge >= 0.3 is 0 Å². The van der Waals surface area contributed by atoms with E-state index in [-0.39, 0.29) is 24.3 Å². The van der Waals surface area contributed by atoms with Gasteiger partial charge in [0.25, 0.3) is 5.91 Å². The quantitative estimate of drug-likeness (QED) is 0.798. The third-order valence-corrected chi connectivity index (χ3v) is 6.56. The summed E-state index contributed by atoms with van der Waals surface area (Å²) in [4.78, 5) is 43.7. The molecule has 8 heteroatoms. The summed E-state index contributed by atoms with van der Waals surface area (Å²) in [6.45, 7) is 3.77. The lowest BCUT2D eigenvalue weighted by Crippen LogP contribution is -2.38. The van der Waals surface area contributed by atoms with Gasteiger partial charge in [-0.15, -0.1) is 11.3 Å². The van der Waals surface area contributed by atoms with Gasteiger partial charge in [-0.2, -0.15) is 11.8 Å². The minimum atomic E-state index is -0.0843. The van der Waals surface area contributed by atoms with Gasteiger partial charge in [0.05, 0.1) is 12.1 Å². The Morgan fingerprint density at radius 1 is 1.28 bits per heavy atom. The van der Waals surface area contributed by atoms with E-state index in [4.69, 9.17) is 0 Å². The summed E-state index contributed by atoms with van der Waals surface area (Å²) >= 11 is 3.17. The van der Waals surface area contributed by atoms with Crippen molar-refractivity contribution in [3.05, 3.63) is 16.0 Å². The van der Waals surface area contributed by atoms with E-state index in [0.29, 0.717) is 38.0 Å². The number of hydrogen-bond acceptors (Lipinski definition) is 5. The monoisotopic (exact) mass is 381 g/mol. The number of anilines is 1. The van der Waals surface area contributed by atoms with Crippen LogP contribution in [-0.2, 0) is 22.6 Å². The molecule has 2 aliphatic heterocycles. The molecule has 0 spiro atoms. The van der Waals surface area contributed by atoms with E-state index in [1.54, 1.807) is 23.7 Å². The van der Waals surface area contributed by atoms with Crippen LogP contribution >= 0.6 is 23.1 Å². The van der Waals surface area contributed by atoms with Crippen LogP contribution in [0.4, 0.5) is 5.00 Å². The van der Waals surface area contributed by atoms with Crippen LogP contribution in [0.15, 0.2) is 0 Å². The summed E-state index contributed by atoms with van der Waals surface area (Å²) in [6.07, 6.45) is 3.22. The zero-order chi connectivity index (χ0) is 18.1. The Morgan fingerprint density at radius 2 is 2.04 bits per heavy atom. The minimum Gasteiger partial charge on any atom is -0.337 e. The van der Waals surface area contributed by atoms with Crippen molar-refractivity contribution in [2.75, 3.05) is 43.6 Å². The smallest absolute Gasteiger partial charge is 0.257 e. The maximum absolute atomic E-state index is 12.8. The van der Waals surface area contributed by atoms with Crippen molar-refractivity contribution in [1.29, 1.82) is 0 Å². The maximum Gasteiger partial charge on any atom is 0.257 e. The number of nitrogens with zero attached hydrogens (tertiary/aromatic N) is 3. The lowest BCUT2D eigenvalue weighted by atomic mass is 10.0. The van der Waals surface area contributed by atoms with E-state index >= 15 is 0 Å². The molecule has 0 bridgehead atoms. The topological polar surface area (TPSA) is 60.9 Å². The summed E-state index contributed by atoms with van der Waals surface area (Å²) in [7, 11) is 1.67. The van der Waals surface area contributed by atoms with Gasteiger partial charge in [-0.05, 0) is 25.2 Å². The SMILES string of the molecule is CCN1C(=O)CN(C)C(=O)c2c1sc1c2CCN(C(=O)CCSC)C1. The van der Waals surface area contributed by atoms with Crippen molar-refractivity contribution >= 4 is 45.8 Å². The van der Waals surface area contributed by atoms with Crippen LogP contribution in [0.25, 0.3) is 0 Å². The van der Waals surface area contributed by atoms with Crippen LogP contribution in [0, 0.1) is 0 Å². The van der Waals surface area contributed by atoms with E-state index < -0.39 is 0 Å². The summed E-state index contributed by atoms with van der Waals surface area (Å²) in [5, 5.41) is 0.755. The van der Waals surface area contributed by atoms with E-state index in [2.05, 4.69) is 0 Å². The highest BCUT2D eigenvalue weighted by atomic mass is 32.2. The first-order valence-corrected chi connectivity index (χ1v) is 10.7. The molecular weight excluding hydrogens is 358 g/mol. The molecule has 0 aliphatic carbocycles.